The molecule has 0 fully saturated rings. The van der Waals surface area contributed by atoms with Gasteiger partial charge in [0.25, 0.3) is 0 Å². The van der Waals surface area contributed by atoms with Crippen LogP contribution in [-0.4, -0.2) is 256 Å². The maximum Gasteiger partial charge on any atom is 0.311 e. The molecule has 0 aromatic heterocycles. The third kappa shape index (κ3) is 45.4. The zero-order valence-electron chi connectivity index (χ0n) is 49.8. The maximum atomic E-state index is 13.0. The molecule has 0 heterocycles. The number of aryl methyl sites for hydroxylation is 1. The van der Waals surface area contributed by atoms with Crippen molar-refractivity contribution in [3.8, 4) is 0 Å². The molecule has 0 saturated heterocycles. The van der Waals surface area contributed by atoms with Gasteiger partial charge in [-0.3, -0.25) is 14.4 Å². The molecule has 0 saturated carbocycles. The highest BCUT2D eigenvalue weighted by atomic mass is 16.7. The maximum absolute atomic E-state index is 13.0. The fourth-order valence-electron chi connectivity index (χ4n) is 6.59. The minimum absolute atomic E-state index is 0.0585. The Kier molecular flexibility index (Phi) is 50.5. The summed E-state index contributed by atoms with van der Waals surface area (Å²) in [5, 5.41) is 8.68. The molecule has 0 bridgehead atoms. The van der Waals surface area contributed by atoms with Crippen molar-refractivity contribution in [1.82, 2.24) is 10.6 Å². The lowest BCUT2D eigenvalue weighted by molar-refractivity contribution is -0.154. The van der Waals surface area contributed by atoms with Crippen molar-refractivity contribution in [2.45, 2.75) is 73.1 Å². The van der Waals surface area contributed by atoms with E-state index in [1.807, 2.05) is 26.0 Å². The van der Waals surface area contributed by atoms with E-state index in [1.54, 1.807) is 47.9 Å². The van der Waals surface area contributed by atoms with E-state index in [2.05, 4.69) is 16.0 Å². The zero-order chi connectivity index (χ0) is 58.4. The Morgan fingerprint density at radius 1 is 0.450 bits per heavy atom. The van der Waals surface area contributed by atoms with Crippen LogP contribution in [0.1, 0.15) is 59.1 Å². The summed E-state index contributed by atoms with van der Waals surface area (Å²) >= 11 is 0. The molecule has 1 aromatic carbocycles. The predicted molar refractivity (Wildman–Crippen MR) is 298 cm³/mol. The van der Waals surface area contributed by atoms with Crippen molar-refractivity contribution in [2.75, 3.05) is 231 Å². The molecule has 24 nitrogen and oxygen atoms in total. The zero-order valence-corrected chi connectivity index (χ0v) is 49.8. The largest absolute Gasteiger partial charge is 0.460 e. The highest BCUT2D eigenvalue weighted by molar-refractivity contribution is 5.97. The molecule has 2 amide bonds. The van der Waals surface area contributed by atoms with Gasteiger partial charge < -0.3 is 101 Å². The molecule has 468 valence electrons. The number of carbonyl (C=O) groups is 3. The summed E-state index contributed by atoms with van der Waals surface area (Å²) in [6.07, 6.45) is 1.32. The van der Waals surface area contributed by atoms with E-state index in [0.29, 0.717) is 223 Å². The predicted octanol–water partition coefficient (Wildman–Crippen LogP) is 3.27. The van der Waals surface area contributed by atoms with Gasteiger partial charge in [-0.1, -0.05) is 19.9 Å². The number of benzene rings is 1. The van der Waals surface area contributed by atoms with Gasteiger partial charge in [-0.2, -0.15) is 0 Å². The van der Waals surface area contributed by atoms with Crippen LogP contribution in [0.5, 0.6) is 0 Å². The molecule has 0 aliphatic carbocycles. The van der Waals surface area contributed by atoms with Crippen molar-refractivity contribution >= 4 is 23.5 Å². The first-order valence-corrected chi connectivity index (χ1v) is 28.2. The third-order valence-corrected chi connectivity index (χ3v) is 11.0. The molecule has 24 heteroatoms. The molecule has 3 N–H and O–H groups in total. The molecule has 1 unspecified atom stereocenters. The normalized spacial score (nSPS) is 12.6. The van der Waals surface area contributed by atoms with Gasteiger partial charge in [0.1, 0.15) is 19.4 Å². The van der Waals surface area contributed by atoms with Crippen molar-refractivity contribution in [3.05, 3.63) is 29.3 Å². The van der Waals surface area contributed by atoms with Crippen LogP contribution in [0, 0.1) is 11.3 Å². The molecule has 0 radical (unpaired) electrons. The second-order valence-corrected chi connectivity index (χ2v) is 19.1. The average Bonchev–Trinajstić information content (AvgIpc) is 3.43. The monoisotopic (exact) mass is 1150 g/mol. The Morgan fingerprint density at radius 3 is 1.11 bits per heavy atom. The number of esters is 1. The van der Waals surface area contributed by atoms with Gasteiger partial charge in [0.2, 0.25) is 11.8 Å². The standard InChI is InChI=1S/C56H103N3O21/c1-47(2)52(57-7)54(61)58-48(3)53(60)59-51-12-11-50(45-80-55(62)56(4,5)6)49(44-51)10-9-13-64-16-17-66-20-21-68-24-25-70-26-27-71-28-29-72-30-31-73-33-35-75-37-39-77-41-43-79-46-78-42-40-76-38-36-74-34-32-69-23-22-67-19-18-65-15-14-63-8/h11-12,44,47-48,52,57H,9-10,13-43,45-46H2,1-8H3,(H,58,61)(H,59,60)/t48-,52?/m0/s1. The number of methoxy groups -OCH3 is 1. The first-order chi connectivity index (χ1) is 38.9. The van der Waals surface area contributed by atoms with Crippen LogP contribution in [-0.2, 0) is 113 Å². The Bertz CT molecular complexity index is 1600. The van der Waals surface area contributed by atoms with Gasteiger partial charge in [-0.25, -0.2) is 0 Å². The van der Waals surface area contributed by atoms with E-state index < -0.39 is 17.5 Å². The lowest BCUT2D eigenvalue weighted by atomic mass is 9.97. The number of amides is 2. The molecular formula is C56H103N3O21. The Balaban J connectivity index is 1.89. The highest BCUT2D eigenvalue weighted by Gasteiger charge is 2.25. The third-order valence-electron chi connectivity index (χ3n) is 11.0. The molecule has 80 heavy (non-hydrogen) atoms. The van der Waals surface area contributed by atoms with Crippen LogP contribution in [0.15, 0.2) is 18.2 Å². The van der Waals surface area contributed by atoms with Crippen molar-refractivity contribution in [3.63, 3.8) is 0 Å². The van der Waals surface area contributed by atoms with Gasteiger partial charge in [0, 0.05) is 19.4 Å². The average molecular weight is 1150 g/mol. The summed E-state index contributed by atoms with van der Waals surface area (Å²) in [5.41, 5.74) is 1.70. The van der Waals surface area contributed by atoms with Gasteiger partial charge in [-0.05, 0) is 76.8 Å². The number of nitrogens with one attached hydrogen (secondary N) is 3. The summed E-state index contributed by atoms with van der Waals surface area (Å²) in [5.74, 6) is -0.831. The van der Waals surface area contributed by atoms with Crippen molar-refractivity contribution < 1.29 is 99.6 Å². The number of carbonyl (C=O) groups excluding carboxylic acids is 3. The van der Waals surface area contributed by atoms with E-state index in [0.717, 1.165) is 11.1 Å². The minimum Gasteiger partial charge on any atom is -0.460 e. The lowest BCUT2D eigenvalue weighted by Crippen LogP contribution is -2.51. The van der Waals surface area contributed by atoms with E-state index in [-0.39, 0.29) is 37.1 Å². The summed E-state index contributed by atoms with van der Waals surface area (Å²) in [4.78, 5) is 38.2. The minimum atomic E-state index is -0.752. The van der Waals surface area contributed by atoms with Crippen molar-refractivity contribution in [1.29, 1.82) is 0 Å². The molecule has 1 aromatic rings. The SMILES string of the molecule is CNC(C(=O)N[C@@H](C)C(=O)Nc1ccc(COC(=O)C(C)(C)C)c(CCCOCCOCCOCCOCCOCCOCCOCCOCCOCCOCOCCOCCOCCOCCOCCOCCOC)c1)C(C)C. The number of rotatable bonds is 59. The number of likely N-dealkylation sites (N-methyl/N-ethyl adjacent to an activating group) is 1. The summed E-state index contributed by atoms with van der Waals surface area (Å²) < 4.78 is 98.6. The highest BCUT2D eigenvalue weighted by Crippen LogP contribution is 2.22. The van der Waals surface area contributed by atoms with Gasteiger partial charge >= 0.3 is 5.97 Å². The van der Waals surface area contributed by atoms with Crippen LogP contribution < -0.4 is 16.0 Å². The second kappa shape index (κ2) is 53.9. The van der Waals surface area contributed by atoms with Gasteiger partial charge in [-0.15, -0.1) is 0 Å². The van der Waals surface area contributed by atoms with Crippen LogP contribution in [0.25, 0.3) is 0 Å². The van der Waals surface area contributed by atoms with Crippen LogP contribution in [0.4, 0.5) is 5.69 Å². The molecule has 0 spiro atoms. The second-order valence-electron chi connectivity index (χ2n) is 19.1. The fourth-order valence-corrected chi connectivity index (χ4v) is 6.59. The lowest BCUT2D eigenvalue weighted by Gasteiger charge is -2.22. The quantitative estimate of drug-likeness (QED) is 0.0481. The summed E-state index contributed by atoms with van der Waals surface area (Å²) in [6, 6.07) is 4.32. The smallest absolute Gasteiger partial charge is 0.311 e. The van der Waals surface area contributed by atoms with Crippen molar-refractivity contribution in [2.24, 2.45) is 11.3 Å². The van der Waals surface area contributed by atoms with E-state index in [9.17, 15) is 14.4 Å². The van der Waals surface area contributed by atoms with E-state index >= 15 is 0 Å². The summed E-state index contributed by atoms with van der Waals surface area (Å²) in [7, 11) is 3.36. The number of hydrogen-bond acceptors (Lipinski definition) is 22. The van der Waals surface area contributed by atoms with Crippen LogP contribution >= 0.6 is 0 Å². The molecule has 0 aliphatic rings. The summed E-state index contributed by atoms with van der Waals surface area (Å²) in [6.45, 7) is 25.9. The molecule has 1 rings (SSSR count). The topological polar surface area (TPSA) is 253 Å². The Hall–Kier alpha value is -3.09. The number of ether oxygens (including phenoxy) is 18. The Labute approximate surface area is 477 Å². The number of anilines is 1. The van der Waals surface area contributed by atoms with Crippen LogP contribution in [0.3, 0.4) is 0 Å². The molecule has 2 atom stereocenters. The molecular weight excluding hydrogens is 1050 g/mol. The first-order valence-electron chi connectivity index (χ1n) is 28.2. The van der Waals surface area contributed by atoms with E-state index in [4.69, 9.17) is 85.3 Å². The van der Waals surface area contributed by atoms with Gasteiger partial charge in [0.15, 0.2) is 0 Å². The van der Waals surface area contributed by atoms with Crippen LogP contribution in [0.2, 0.25) is 0 Å². The first kappa shape index (κ1) is 74.9. The van der Waals surface area contributed by atoms with E-state index in [1.165, 1.54) is 0 Å². The van der Waals surface area contributed by atoms with Gasteiger partial charge in [0.05, 0.1) is 210 Å². The number of hydrogen-bond donors (Lipinski definition) is 3. The Morgan fingerprint density at radius 2 is 0.787 bits per heavy atom. The fraction of sp³-hybridized carbons (Fsp3) is 0.839. The molecule has 0 aliphatic heterocycles.